The first-order valence-electron chi connectivity index (χ1n) is 7.39. The molecule has 0 aromatic heterocycles. The predicted molar refractivity (Wildman–Crippen MR) is 86.4 cm³/mol. The van der Waals surface area contributed by atoms with Gasteiger partial charge in [-0.3, -0.25) is 0 Å². The highest BCUT2D eigenvalue weighted by molar-refractivity contribution is 6.05. The fourth-order valence-corrected chi connectivity index (χ4v) is 2.41. The van der Waals surface area contributed by atoms with Crippen molar-refractivity contribution in [1.82, 2.24) is 5.01 Å². The van der Waals surface area contributed by atoms with Gasteiger partial charge < -0.3 is 10.1 Å². The van der Waals surface area contributed by atoms with Crippen molar-refractivity contribution in [2.45, 2.75) is 13.0 Å². The fourth-order valence-electron chi connectivity index (χ4n) is 2.41. The van der Waals surface area contributed by atoms with E-state index < -0.39 is 6.61 Å². The van der Waals surface area contributed by atoms with Gasteiger partial charge in [-0.25, -0.2) is 9.80 Å². The number of alkyl halides is 2. The number of urea groups is 1. The summed E-state index contributed by atoms with van der Waals surface area (Å²) in [7, 11) is 0. The summed E-state index contributed by atoms with van der Waals surface area (Å²) >= 11 is 0. The number of hydrogen-bond acceptors (Lipinski definition) is 3. The molecular weight excluding hydrogens is 316 g/mol. The van der Waals surface area contributed by atoms with Crippen LogP contribution in [-0.2, 0) is 0 Å². The molecule has 24 heavy (non-hydrogen) atoms. The Kier molecular flexibility index (Phi) is 4.69. The summed E-state index contributed by atoms with van der Waals surface area (Å²) in [6, 6.07) is 15.1. The van der Waals surface area contributed by atoms with Crippen LogP contribution in [0.1, 0.15) is 12.0 Å². The molecule has 0 bridgehead atoms. The second-order valence-corrected chi connectivity index (χ2v) is 5.09. The van der Waals surface area contributed by atoms with Crippen LogP contribution in [0.5, 0.6) is 5.75 Å². The Labute approximate surface area is 137 Å². The molecular formula is C17H15F2N3O2. The molecule has 0 atom stereocenters. The number of para-hydroxylation sites is 2. The number of hydrazone groups is 1. The highest BCUT2D eigenvalue weighted by Gasteiger charge is 2.24. The first kappa shape index (κ1) is 15.9. The normalized spacial score (nSPS) is 13.8. The zero-order chi connectivity index (χ0) is 16.9. The minimum Gasteiger partial charge on any atom is -0.434 e. The Morgan fingerprint density at radius 1 is 1.12 bits per heavy atom. The van der Waals surface area contributed by atoms with Crippen LogP contribution in [-0.4, -0.2) is 29.9 Å². The molecule has 0 spiro atoms. The van der Waals surface area contributed by atoms with E-state index in [9.17, 15) is 13.6 Å². The molecule has 2 aromatic carbocycles. The van der Waals surface area contributed by atoms with Crippen molar-refractivity contribution in [3.8, 4) is 5.75 Å². The maximum atomic E-state index is 12.5. The number of halogens is 2. The van der Waals surface area contributed by atoms with E-state index in [1.54, 1.807) is 30.3 Å². The Balaban J connectivity index is 1.75. The third-order valence-corrected chi connectivity index (χ3v) is 3.48. The molecule has 0 saturated heterocycles. The Morgan fingerprint density at radius 3 is 2.58 bits per heavy atom. The lowest BCUT2D eigenvalue weighted by atomic mass is 10.1. The van der Waals surface area contributed by atoms with Crippen LogP contribution in [0, 0.1) is 0 Å². The third kappa shape index (κ3) is 3.68. The molecule has 2 aromatic rings. The molecule has 2 amide bonds. The van der Waals surface area contributed by atoms with Gasteiger partial charge in [-0.2, -0.15) is 13.9 Å². The Bertz CT molecular complexity index is 751. The largest absolute Gasteiger partial charge is 0.434 e. The summed E-state index contributed by atoms with van der Waals surface area (Å²) in [6.07, 6.45) is 0.464. The molecule has 3 rings (SSSR count). The van der Waals surface area contributed by atoms with Gasteiger partial charge in [-0.15, -0.1) is 0 Å². The lowest BCUT2D eigenvalue weighted by molar-refractivity contribution is -0.0499. The maximum Gasteiger partial charge on any atom is 0.387 e. The van der Waals surface area contributed by atoms with Crippen LogP contribution >= 0.6 is 0 Å². The van der Waals surface area contributed by atoms with E-state index in [0.29, 0.717) is 29.9 Å². The summed E-state index contributed by atoms with van der Waals surface area (Å²) in [6.45, 7) is -2.54. The molecule has 0 unspecified atom stereocenters. The van der Waals surface area contributed by atoms with Crippen LogP contribution in [0.4, 0.5) is 19.3 Å². The molecule has 0 saturated carbocycles. The second kappa shape index (κ2) is 7.08. The van der Waals surface area contributed by atoms with Crippen molar-refractivity contribution in [2.75, 3.05) is 11.9 Å². The number of nitrogens with zero attached hydrogens (tertiary/aromatic N) is 2. The minimum atomic E-state index is -2.91. The summed E-state index contributed by atoms with van der Waals surface area (Å²) in [4.78, 5) is 12.2. The molecule has 0 fully saturated rings. The van der Waals surface area contributed by atoms with E-state index in [2.05, 4.69) is 15.2 Å². The second-order valence-electron chi connectivity index (χ2n) is 5.09. The zero-order valence-corrected chi connectivity index (χ0v) is 12.7. The summed E-state index contributed by atoms with van der Waals surface area (Å²) in [5, 5.41) is 8.25. The average Bonchev–Trinajstić information content (AvgIpc) is 3.06. The number of ether oxygens (including phenoxy) is 1. The SMILES string of the molecule is O=C(Nc1ccccc1)N1CCC(c2ccccc2OC(F)F)=N1. The number of benzene rings is 2. The smallest absolute Gasteiger partial charge is 0.387 e. The van der Waals surface area contributed by atoms with Gasteiger partial charge in [-0.05, 0) is 24.3 Å². The molecule has 0 aliphatic carbocycles. The van der Waals surface area contributed by atoms with Crippen LogP contribution in [0.15, 0.2) is 59.7 Å². The van der Waals surface area contributed by atoms with Gasteiger partial charge in [0.2, 0.25) is 0 Å². The van der Waals surface area contributed by atoms with Gasteiger partial charge in [0.25, 0.3) is 0 Å². The van der Waals surface area contributed by atoms with Crippen LogP contribution in [0.25, 0.3) is 0 Å². The molecule has 1 heterocycles. The Morgan fingerprint density at radius 2 is 1.83 bits per heavy atom. The summed E-state index contributed by atoms with van der Waals surface area (Å²) in [5.41, 5.74) is 1.66. The molecule has 5 nitrogen and oxygen atoms in total. The third-order valence-electron chi connectivity index (χ3n) is 3.48. The Hall–Kier alpha value is -2.96. The maximum absolute atomic E-state index is 12.5. The van der Waals surface area contributed by atoms with Gasteiger partial charge in [0.05, 0.1) is 12.3 Å². The van der Waals surface area contributed by atoms with E-state index in [0.717, 1.165) is 0 Å². The van der Waals surface area contributed by atoms with E-state index in [1.165, 1.54) is 11.1 Å². The zero-order valence-electron chi connectivity index (χ0n) is 12.7. The van der Waals surface area contributed by atoms with Crippen molar-refractivity contribution in [3.05, 3.63) is 60.2 Å². The average molecular weight is 331 g/mol. The van der Waals surface area contributed by atoms with Gasteiger partial charge >= 0.3 is 12.6 Å². The highest BCUT2D eigenvalue weighted by atomic mass is 19.3. The molecule has 1 N–H and O–H groups in total. The molecule has 124 valence electrons. The first-order valence-corrected chi connectivity index (χ1v) is 7.39. The topological polar surface area (TPSA) is 53.9 Å². The predicted octanol–water partition coefficient (Wildman–Crippen LogP) is 3.93. The van der Waals surface area contributed by atoms with Crippen molar-refractivity contribution in [1.29, 1.82) is 0 Å². The monoisotopic (exact) mass is 331 g/mol. The van der Waals surface area contributed by atoms with Crippen molar-refractivity contribution in [2.24, 2.45) is 5.10 Å². The van der Waals surface area contributed by atoms with Gasteiger partial charge in [0.15, 0.2) is 0 Å². The highest BCUT2D eigenvalue weighted by Crippen LogP contribution is 2.25. The quantitative estimate of drug-likeness (QED) is 0.923. The number of rotatable bonds is 4. The van der Waals surface area contributed by atoms with Crippen LogP contribution in [0.2, 0.25) is 0 Å². The van der Waals surface area contributed by atoms with Gasteiger partial charge in [0.1, 0.15) is 5.75 Å². The van der Waals surface area contributed by atoms with Crippen LogP contribution in [0.3, 0.4) is 0 Å². The van der Waals surface area contributed by atoms with E-state index >= 15 is 0 Å². The summed E-state index contributed by atoms with van der Waals surface area (Å²) < 4.78 is 29.5. The fraction of sp³-hybridized carbons (Fsp3) is 0.176. The van der Waals surface area contributed by atoms with Crippen LogP contribution < -0.4 is 10.1 Å². The number of hydrogen-bond donors (Lipinski definition) is 1. The first-order chi connectivity index (χ1) is 11.6. The van der Waals surface area contributed by atoms with E-state index in [4.69, 9.17) is 0 Å². The molecule has 1 aliphatic heterocycles. The van der Waals surface area contributed by atoms with Gasteiger partial charge in [0, 0.05) is 17.7 Å². The minimum absolute atomic E-state index is 0.0524. The van der Waals surface area contributed by atoms with E-state index in [-0.39, 0.29) is 11.8 Å². The molecule has 1 aliphatic rings. The summed E-state index contributed by atoms with van der Waals surface area (Å²) in [5.74, 6) is 0.0524. The van der Waals surface area contributed by atoms with Crippen molar-refractivity contribution < 1.29 is 18.3 Å². The van der Waals surface area contributed by atoms with Crippen molar-refractivity contribution >= 4 is 17.4 Å². The lowest BCUT2D eigenvalue weighted by Crippen LogP contribution is -2.28. The molecule has 7 heteroatoms. The van der Waals surface area contributed by atoms with Crippen molar-refractivity contribution in [3.63, 3.8) is 0 Å². The molecule has 0 radical (unpaired) electrons. The van der Waals surface area contributed by atoms with Gasteiger partial charge in [-0.1, -0.05) is 30.3 Å². The standard InChI is InChI=1S/C17H15F2N3O2/c18-16(19)24-15-9-5-4-8-13(15)14-10-11-22(21-14)17(23)20-12-6-2-1-3-7-12/h1-9,16H,10-11H2,(H,20,23). The lowest BCUT2D eigenvalue weighted by Gasteiger charge is -2.12. The number of carbonyl (C=O) groups is 1. The van der Waals surface area contributed by atoms with E-state index in [1.807, 2.05) is 18.2 Å². The number of carbonyl (C=O) groups excluding carboxylic acids is 1. The number of anilines is 1. The number of nitrogens with one attached hydrogen (secondary N) is 1. The number of amides is 2.